The smallest absolute Gasteiger partial charge is 0.254 e. The number of para-hydroxylation sites is 2. The molecule has 1 aliphatic heterocycles. The molecule has 7 nitrogen and oxygen atoms in total. The van der Waals surface area contributed by atoms with E-state index in [0.29, 0.717) is 22.2 Å². The highest BCUT2D eigenvalue weighted by Gasteiger charge is 2.36. The van der Waals surface area contributed by atoms with Crippen molar-refractivity contribution in [2.24, 2.45) is 0 Å². The van der Waals surface area contributed by atoms with Crippen LogP contribution in [0.15, 0.2) is 93.2 Å². The van der Waals surface area contributed by atoms with Crippen LogP contribution in [0.2, 0.25) is 0 Å². The molecule has 2 heterocycles. The van der Waals surface area contributed by atoms with E-state index >= 15 is 0 Å². The van der Waals surface area contributed by atoms with Gasteiger partial charge in [-0.2, -0.15) is 5.26 Å². The lowest BCUT2D eigenvalue weighted by molar-refractivity contribution is -0.114. The fourth-order valence-electron chi connectivity index (χ4n) is 3.86. The van der Waals surface area contributed by atoms with E-state index < -0.39 is 17.6 Å². The van der Waals surface area contributed by atoms with Crippen LogP contribution in [0.5, 0.6) is 0 Å². The second kappa shape index (κ2) is 11.0. The number of hydrogen-bond acceptors (Lipinski definition) is 6. The number of dihydropyridines is 1. The van der Waals surface area contributed by atoms with Gasteiger partial charge in [-0.3, -0.25) is 9.59 Å². The molecule has 0 bridgehead atoms. The molecule has 0 saturated carbocycles. The number of nitrogens with zero attached hydrogens (tertiary/aromatic N) is 1. The second-order valence-electron chi connectivity index (χ2n) is 8.05. The van der Waals surface area contributed by atoms with Crippen LogP contribution in [0.1, 0.15) is 24.2 Å². The van der Waals surface area contributed by atoms with Crippen LogP contribution in [0.4, 0.5) is 15.8 Å². The molecule has 0 spiro atoms. The van der Waals surface area contributed by atoms with Crippen molar-refractivity contribution in [3.63, 3.8) is 0 Å². The van der Waals surface area contributed by atoms with E-state index in [-0.39, 0.29) is 28.5 Å². The number of aryl methyl sites for hydroxylation is 1. The molecule has 1 atom stereocenters. The van der Waals surface area contributed by atoms with Gasteiger partial charge < -0.3 is 20.4 Å². The lowest BCUT2D eigenvalue weighted by Gasteiger charge is -2.28. The Morgan fingerprint density at radius 2 is 1.78 bits per heavy atom. The molecule has 0 fully saturated rings. The van der Waals surface area contributed by atoms with Gasteiger partial charge in [0.25, 0.3) is 5.91 Å². The molecule has 9 heteroatoms. The van der Waals surface area contributed by atoms with Crippen molar-refractivity contribution in [3.8, 4) is 6.07 Å². The van der Waals surface area contributed by atoms with Gasteiger partial charge >= 0.3 is 0 Å². The first-order chi connectivity index (χ1) is 17.4. The summed E-state index contributed by atoms with van der Waals surface area (Å²) in [6.45, 7) is 3.59. The van der Waals surface area contributed by atoms with Crippen molar-refractivity contribution in [2.45, 2.75) is 19.8 Å². The number of nitriles is 1. The third-order valence-corrected chi connectivity index (χ3v) is 6.63. The number of furan rings is 1. The van der Waals surface area contributed by atoms with Crippen molar-refractivity contribution < 1.29 is 18.4 Å². The van der Waals surface area contributed by atoms with Crippen LogP contribution < -0.4 is 16.0 Å². The number of nitrogens with one attached hydrogen (secondary N) is 3. The first-order valence-corrected chi connectivity index (χ1v) is 12.1. The molecule has 1 unspecified atom stereocenters. The zero-order valence-electron chi connectivity index (χ0n) is 19.6. The van der Waals surface area contributed by atoms with E-state index in [1.807, 2.05) is 31.2 Å². The monoisotopic (exact) mass is 502 g/mol. The van der Waals surface area contributed by atoms with Crippen molar-refractivity contribution >= 4 is 35.0 Å². The first kappa shape index (κ1) is 24.8. The second-order valence-corrected chi connectivity index (χ2v) is 9.04. The van der Waals surface area contributed by atoms with E-state index in [4.69, 9.17) is 4.42 Å². The van der Waals surface area contributed by atoms with Crippen molar-refractivity contribution in [1.29, 1.82) is 5.26 Å². The van der Waals surface area contributed by atoms with Gasteiger partial charge in [0.2, 0.25) is 5.91 Å². The summed E-state index contributed by atoms with van der Waals surface area (Å²) in [7, 11) is 0. The highest BCUT2D eigenvalue weighted by atomic mass is 32.2. The summed E-state index contributed by atoms with van der Waals surface area (Å²) >= 11 is 1.15. The van der Waals surface area contributed by atoms with Gasteiger partial charge in [0.1, 0.15) is 11.6 Å². The van der Waals surface area contributed by atoms with Crippen LogP contribution in [-0.4, -0.2) is 17.6 Å². The molecule has 0 aliphatic carbocycles. The Labute approximate surface area is 212 Å². The van der Waals surface area contributed by atoms with Crippen LogP contribution in [0, 0.1) is 24.1 Å². The molecule has 182 valence electrons. The normalized spacial score (nSPS) is 15.2. The largest absolute Gasteiger partial charge is 0.468 e. The SMILES string of the molecule is CC1=C(C(=O)Nc2ccccc2F)C(c2ccco2)C(C#N)=C(SCC(=O)Nc2ccccc2C)N1. The Balaban J connectivity index is 1.60. The summed E-state index contributed by atoms with van der Waals surface area (Å²) in [5, 5.41) is 19.1. The summed E-state index contributed by atoms with van der Waals surface area (Å²) in [4.78, 5) is 25.9. The average molecular weight is 503 g/mol. The molecule has 1 aliphatic rings. The highest BCUT2D eigenvalue weighted by molar-refractivity contribution is 8.03. The van der Waals surface area contributed by atoms with Crippen LogP contribution >= 0.6 is 11.8 Å². The molecule has 3 N–H and O–H groups in total. The number of allylic oxidation sites excluding steroid dienone is 2. The van der Waals surface area contributed by atoms with E-state index in [1.54, 1.807) is 25.1 Å². The Hall–Kier alpha value is -4.29. The molecule has 3 aromatic rings. The number of carbonyl (C=O) groups excluding carboxylic acids is 2. The number of halogens is 1. The predicted molar refractivity (Wildman–Crippen MR) is 137 cm³/mol. The summed E-state index contributed by atoms with van der Waals surface area (Å²) in [6, 6.07) is 18.8. The third-order valence-electron chi connectivity index (χ3n) is 5.61. The zero-order valence-corrected chi connectivity index (χ0v) is 20.4. The first-order valence-electron chi connectivity index (χ1n) is 11.1. The van der Waals surface area contributed by atoms with Gasteiger partial charge in [-0.1, -0.05) is 42.1 Å². The molecule has 2 amide bonds. The van der Waals surface area contributed by atoms with Gasteiger partial charge in [0, 0.05) is 11.4 Å². The number of anilines is 2. The Bertz CT molecular complexity index is 1410. The van der Waals surface area contributed by atoms with Gasteiger partial charge in [0.15, 0.2) is 0 Å². The summed E-state index contributed by atoms with van der Waals surface area (Å²) in [5.74, 6) is -1.79. The number of thioether (sulfide) groups is 1. The number of benzene rings is 2. The molecule has 0 saturated heterocycles. The lowest BCUT2D eigenvalue weighted by atomic mass is 9.85. The van der Waals surface area contributed by atoms with E-state index in [2.05, 4.69) is 22.0 Å². The molecule has 1 aromatic heterocycles. The summed E-state index contributed by atoms with van der Waals surface area (Å²) in [6.07, 6.45) is 1.45. The maximum absolute atomic E-state index is 14.2. The summed E-state index contributed by atoms with van der Waals surface area (Å²) in [5.41, 5.74) is 2.58. The fraction of sp³-hybridized carbons (Fsp3) is 0.148. The molecular formula is C27H23FN4O3S. The van der Waals surface area contributed by atoms with Crippen molar-refractivity contribution in [3.05, 3.63) is 106 Å². The van der Waals surface area contributed by atoms with Gasteiger partial charge in [-0.15, -0.1) is 0 Å². The molecule has 36 heavy (non-hydrogen) atoms. The maximum atomic E-state index is 14.2. The molecule has 0 radical (unpaired) electrons. The minimum atomic E-state index is -0.833. The van der Waals surface area contributed by atoms with Crippen molar-refractivity contribution in [1.82, 2.24) is 5.32 Å². The topological polar surface area (TPSA) is 107 Å². The van der Waals surface area contributed by atoms with E-state index in [9.17, 15) is 19.2 Å². The Morgan fingerprint density at radius 1 is 1.06 bits per heavy atom. The van der Waals surface area contributed by atoms with Crippen LogP contribution in [0.3, 0.4) is 0 Å². The van der Waals surface area contributed by atoms with Gasteiger partial charge in [-0.05, 0) is 49.7 Å². The minimum Gasteiger partial charge on any atom is -0.468 e. The van der Waals surface area contributed by atoms with Crippen LogP contribution in [-0.2, 0) is 9.59 Å². The molecule has 2 aromatic carbocycles. The Kier molecular flexibility index (Phi) is 7.56. The fourth-order valence-corrected chi connectivity index (χ4v) is 4.75. The highest BCUT2D eigenvalue weighted by Crippen LogP contribution is 2.41. The third kappa shape index (κ3) is 5.34. The predicted octanol–water partition coefficient (Wildman–Crippen LogP) is 5.43. The zero-order chi connectivity index (χ0) is 25.7. The van der Waals surface area contributed by atoms with E-state index in [0.717, 1.165) is 17.3 Å². The van der Waals surface area contributed by atoms with Crippen LogP contribution in [0.25, 0.3) is 0 Å². The number of carbonyl (C=O) groups is 2. The van der Waals surface area contributed by atoms with Gasteiger partial charge in [0.05, 0.1) is 45.9 Å². The number of rotatable bonds is 7. The molecule has 4 rings (SSSR count). The maximum Gasteiger partial charge on any atom is 0.254 e. The standard InChI is InChI=1S/C27H23FN4O3S/c1-16-8-3-5-10-20(16)31-23(33)15-36-27-18(14-29)25(22-12-7-13-35-22)24(17(2)30-27)26(34)32-21-11-6-4-9-19(21)28/h3-13,25,30H,15H2,1-2H3,(H,31,33)(H,32,34). The molecular weight excluding hydrogens is 479 g/mol. The van der Waals surface area contributed by atoms with E-state index in [1.165, 1.54) is 24.5 Å². The minimum absolute atomic E-state index is 0.0246. The Morgan fingerprint density at radius 3 is 2.44 bits per heavy atom. The number of amides is 2. The van der Waals surface area contributed by atoms with Gasteiger partial charge in [-0.25, -0.2) is 4.39 Å². The van der Waals surface area contributed by atoms with Crippen molar-refractivity contribution in [2.75, 3.05) is 16.4 Å². The quantitative estimate of drug-likeness (QED) is 0.398. The summed E-state index contributed by atoms with van der Waals surface area (Å²) < 4.78 is 19.8. The number of hydrogen-bond donors (Lipinski definition) is 3. The average Bonchev–Trinajstić information content (AvgIpc) is 3.39. The lowest BCUT2D eigenvalue weighted by Crippen LogP contribution is -2.31.